The van der Waals surface area contributed by atoms with Crippen LogP contribution in [0.1, 0.15) is 11.1 Å². The molecule has 4 aromatic rings. The van der Waals surface area contributed by atoms with Crippen LogP contribution in [0, 0.1) is 22.7 Å². The Bertz CT molecular complexity index is 1400. The number of nitriles is 2. The quantitative estimate of drug-likeness (QED) is 0.276. The van der Waals surface area contributed by atoms with E-state index in [1.165, 1.54) is 0 Å². The summed E-state index contributed by atoms with van der Waals surface area (Å²) in [4.78, 5) is 3.78. The van der Waals surface area contributed by atoms with Gasteiger partial charge in [0, 0.05) is 20.8 Å². The van der Waals surface area contributed by atoms with E-state index in [4.69, 9.17) is 16.3 Å². The minimum absolute atomic E-state index is 0.273. The van der Waals surface area contributed by atoms with Gasteiger partial charge in [-0.05, 0) is 36.4 Å². The van der Waals surface area contributed by atoms with Crippen molar-refractivity contribution in [1.82, 2.24) is 0 Å². The summed E-state index contributed by atoms with van der Waals surface area (Å²) in [7, 11) is 1.58. The third kappa shape index (κ3) is 5.16. The fraction of sp³-hybridized carbons (Fsp3) is 0.0370. The number of methoxy groups -OCH3 is 1. The van der Waals surface area contributed by atoms with E-state index in [9.17, 15) is 10.5 Å². The van der Waals surface area contributed by atoms with Gasteiger partial charge in [0.1, 0.15) is 17.9 Å². The summed E-state index contributed by atoms with van der Waals surface area (Å²) in [6.07, 6.45) is 0. The van der Waals surface area contributed by atoms with Gasteiger partial charge in [-0.2, -0.15) is 10.5 Å². The van der Waals surface area contributed by atoms with Crippen molar-refractivity contribution < 1.29 is 4.74 Å². The molecule has 0 bridgehead atoms. The normalized spacial score (nSPS) is 10.2. The topological polar surface area (TPSA) is 68.8 Å². The lowest BCUT2D eigenvalue weighted by molar-refractivity contribution is 0.415. The molecule has 1 N–H and O–H groups in total. The molecule has 4 rings (SSSR count). The van der Waals surface area contributed by atoms with Crippen LogP contribution in [0.15, 0.2) is 105 Å². The largest absolute Gasteiger partial charge is 0.494 e. The molecule has 0 spiro atoms. The SMILES string of the molecule is COc1cc(Cl)c(Sc2ccccc2)c(Sc2ccccc2)c1Nc1cccc(C#N)c1C#N. The first-order valence-corrected chi connectivity index (χ1v) is 12.2. The molecule has 0 amide bonds. The van der Waals surface area contributed by atoms with Crippen molar-refractivity contribution in [2.75, 3.05) is 12.4 Å². The van der Waals surface area contributed by atoms with Gasteiger partial charge in [0.05, 0.1) is 39.5 Å². The Morgan fingerprint density at radius 2 is 1.41 bits per heavy atom. The number of anilines is 2. The minimum atomic E-state index is 0.273. The van der Waals surface area contributed by atoms with Gasteiger partial charge in [-0.3, -0.25) is 0 Å². The molecule has 166 valence electrons. The molecule has 7 heteroatoms. The molecule has 0 saturated heterocycles. The molecule has 4 aromatic carbocycles. The Morgan fingerprint density at radius 1 is 0.794 bits per heavy atom. The van der Waals surface area contributed by atoms with E-state index in [0.717, 1.165) is 19.6 Å². The van der Waals surface area contributed by atoms with Gasteiger partial charge in [-0.1, -0.05) is 77.6 Å². The van der Waals surface area contributed by atoms with E-state index in [2.05, 4.69) is 17.5 Å². The highest BCUT2D eigenvalue weighted by atomic mass is 35.5. The summed E-state index contributed by atoms with van der Waals surface area (Å²) in [6, 6.07) is 31.1. The van der Waals surface area contributed by atoms with Crippen molar-refractivity contribution in [2.24, 2.45) is 0 Å². The van der Waals surface area contributed by atoms with E-state index < -0.39 is 0 Å². The summed E-state index contributed by atoms with van der Waals surface area (Å²) in [6.45, 7) is 0. The van der Waals surface area contributed by atoms with E-state index in [1.54, 1.807) is 54.9 Å². The second-order valence-corrected chi connectivity index (χ2v) is 9.58. The standard InChI is InChI=1S/C27H18ClN3OS2/c1-32-24-15-22(28)26(33-19-10-4-2-5-11-19)27(34-20-12-6-3-7-13-20)25(24)31-23-14-8-9-18(16-29)21(23)17-30/h2-15,31H,1H3. The number of hydrogen-bond acceptors (Lipinski definition) is 6. The van der Waals surface area contributed by atoms with Crippen LogP contribution in [0.2, 0.25) is 5.02 Å². The van der Waals surface area contributed by atoms with Crippen LogP contribution in [0.25, 0.3) is 0 Å². The van der Waals surface area contributed by atoms with Crippen LogP contribution in [-0.2, 0) is 0 Å². The Kier molecular flexibility index (Phi) is 7.67. The number of ether oxygens (including phenoxy) is 1. The van der Waals surface area contributed by atoms with E-state index in [0.29, 0.717) is 27.7 Å². The summed E-state index contributed by atoms with van der Waals surface area (Å²) in [5.74, 6) is 0.534. The summed E-state index contributed by atoms with van der Waals surface area (Å²) < 4.78 is 5.69. The molecule has 34 heavy (non-hydrogen) atoms. The van der Waals surface area contributed by atoms with E-state index in [-0.39, 0.29) is 5.56 Å². The number of benzene rings is 4. The molecule has 0 heterocycles. The highest BCUT2D eigenvalue weighted by Crippen LogP contribution is 2.51. The number of hydrogen-bond donors (Lipinski definition) is 1. The zero-order chi connectivity index (χ0) is 23.9. The Labute approximate surface area is 212 Å². The van der Waals surface area contributed by atoms with Crippen LogP contribution in [0.3, 0.4) is 0 Å². The molecule has 0 aliphatic rings. The highest BCUT2D eigenvalue weighted by Gasteiger charge is 2.22. The molecular formula is C27H18ClN3OS2. The maximum Gasteiger partial charge on any atom is 0.145 e. The lowest BCUT2D eigenvalue weighted by Crippen LogP contribution is -2.01. The van der Waals surface area contributed by atoms with Crippen molar-refractivity contribution in [1.29, 1.82) is 10.5 Å². The molecule has 0 aliphatic carbocycles. The van der Waals surface area contributed by atoms with Crippen molar-refractivity contribution in [3.8, 4) is 17.9 Å². The van der Waals surface area contributed by atoms with Crippen LogP contribution in [0.5, 0.6) is 5.75 Å². The van der Waals surface area contributed by atoms with Gasteiger partial charge in [0.15, 0.2) is 0 Å². The molecule has 0 radical (unpaired) electrons. The van der Waals surface area contributed by atoms with Gasteiger partial charge in [-0.15, -0.1) is 0 Å². The monoisotopic (exact) mass is 499 g/mol. The van der Waals surface area contributed by atoms with Crippen molar-refractivity contribution in [3.63, 3.8) is 0 Å². The zero-order valence-corrected chi connectivity index (χ0v) is 20.5. The fourth-order valence-electron chi connectivity index (χ4n) is 3.28. The third-order valence-electron chi connectivity index (χ3n) is 4.86. The molecule has 0 fully saturated rings. The molecular weight excluding hydrogens is 482 g/mol. The van der Waals surface area contributed by atoms with Crippen LogP contribution < -0.4 is 10.1 Å². The molecule has 4 nitrogen and oxygen atoms in total. The fourth-order valence-corrected chi connectivity index (χ4v) is 5.76. The molecule has 0 aliphatic heterocycles. The smallest absolute Gasteiger partial charge is 0.145 e. The second-order valence-electron chi connectivity index (χ2n) is 7.00. The first kappa shape index (κ1) is 23.6. The second kappa shape index (κ2) is 11.0. The predicted octanol–water partition coefficient (Wildman–Crippen LogP) is 8.14. The summed E-state index contributed by atoms with van der Waals surface area (Å²) in [5.41, 5.74) is 1.77. The first-order chi connectivity index (χ1) is 16.6. The van der Waals surface area contributed by atoms with Crippen LogP contribution in [-0.4, -0.2) is 7.11 Å². The summed E-state index contributed by atoms with van der Waals surface area (Å²) >= 11 is 9.88. The molecule has 0 aromatic heterocycles. The average molecular weight is 500 g/mol. The third-order valence-corrected chi connectivity index (χ3v) is 7.65. The Hall–Kier alpha value is -3.55. The maximum atomic E-state index is 9.73. The van der Waals surface area contributed by atoms with Crippen LogP contribution in [0.4, 0.5) is 11.4 Å². The zero-order valence-electron chi connectivity index (χ0n) is 18.1. The van der Waals surface area contributed by atoms with Crippen molar-refractivity contribution >= 4 is 46.5 Å². The Morgan fingerprint density at radius 3 is 1.97 bits per heavy atom. The van der Waals surface area contributed by atoms with E-state index >= 15 is 0 Å². The maximum absolute atomic E-state index is 9.73. The van der Waals surface area contributed by atoms with Gasteiger partial charge in [0.2, 0.25) is 0 Å². The van der Waals surface area contributed by atoms with E-state index in [1.807, 2.05) is 60.7 Å². The lowest BCUT2D eigenvalue weighted by atomic mass is 10.1. The lowest BCUT2D eigenvalue weighted by Gasteiger charge is -2.21. The number of rotatable bonds is 7. The minimum Gasteiger partial charge on any atom is -0.494 e. The number of halogens is 1. The molecule has 0 atom stereocenters. The van der Waals surface area contributed by atoms with Gasteiger partial charge in [0.25, 0.3) is 0 Å². The number of nitrogens with zero attached hydrogens (tertiary/aromatic N) is 2. The average Bonchev–Trinajstić information content (AvgIpc) is 2.88. The van der Waals surface area contributed by atoms with Gasteiger partial charge >= 0.3 is 0 Å². The highest BCUT2D eigenvalue weighted by molar-refractivity contribution is 8.02. The first-order valence-electron chi connectivity index (χ1n) is 10.2. The predicted molar refractivity (Wildman–Crippen MR) is 138 cm³/mol. The molecule has 0 unspecified atom stereocenters. The summed E-state index contributed by atoms with van der Waals surface area (Å²) in [5, 5.41) is 23.1. The molecule has 0 saturated carbocycles. The van der Waals surface area contributed by atoms with Crippen molar-refractivity contribution in [2.45, 2.75) is 19.6 Å². The Balaban J connectivity index is 1.91. The number of nitrogens with one attached hydrogen (secondary N) is 1. The van der Waals surface area contributed by atoms with Gasteiger partial charge in [-0.25, -0.2) is 0 Å². The van der Waals surface area contributed by atoms with Gasteiger partial charge < -0.3 is 10.1 Å². The van der Waals surface area contributed by atoms with Crippen molar-refractivity contribution in [3.05, 3.63) is 101 Å². The van der Waals surface area contributed by atoms with Crippen LogP contribution >= 0.6 is 35.1 Å².